The van der Waals surface area contributed by atoms with Gasteiger partial charge in [-0.2, -0.15) is 0 Å². The van der Waals surface area contributed by atoms with Crippen LogP contribution in [0.15, 0.2) is 42.5 Å². The van der Waals surface area contributed by atoms with E-state index < -0.39 is 0 Å². The van der Waals surface area contributed by atoms with Crippen LogP contribution in [0.3, 0.4) is 0 Å². The highest BCUT2D eigenvalue weighted by molar-refractivity contribution is 5.76. The maximum Gasteiger partial charge on any atom is 0.220 e. The summed E-state index contributed by atoms with van der Waals surface area (Å²) in [5.74, 6) is 2.81. The first-order chi connectivity index (χ1) is 16.0. The average Bonchev–Trinajstić information content (AvgIpc) is 3.23. The minimum atomic E-state index is -0.114. The van der Waals surface area contributed by atoms with Crippen LogP contribution in [0.1, 0.15) is 28.9 Å². The molecule has 1 aliphatic heterocycles. The number of carbonyl (C=O) groups is 1. The third-order valence-corrected chi connectivity index (χ3v) is 5.67. The van der Waals surface area contributed by atoms with Crippen molar-refractivity contribution in [3.8, 4) is 28.6 Å². The van der Waals surface area contributed by atoms with Gasteiger partial charge in [0.05, 0.1) is 26.3 Å². The van der Waals surface area contributed by atoms with E-state index in [1.807, 2.05) is 50.2 Å². The molecule has 2 heterocycles. The molecule has 0 fully saturated rings. The summed E-state index contributed by atoms with van der Waals surface area (Å²) in [6.07, 6.45) is 1.63. The van der Waals surface area contributed by atoms with Crippen LogP contribution in [0.2, 0.25) is 0 Å². The molecule has 1 amide bonds. The zero-order valence-electron chi connectivity index (χ0n) is 19.5. The summed E-state index contributed by atoms with van der Waals surface area (Å²) >= 11 is 0. The van der Waals surface area contributed by atoms with Crippen molar-refractivity contribution in [3.05, 3.63) is 65.0 Å². The molecule has 33 heavy (non-hydrogen) atoms. The fourth-order valence-electron chi connectivity index (χ4n) is 4.08. The number of methoxy groups -OCH3 is 2. The van der Waals surface area contributed by atoms with Crippen molar-refractivity contribution in [2.75, 3.05) is 20.8 Å². The molecule has 172 valence electrons. The second kappa shape index (κ2) is 9.90. The first-order valence-corrected chi connectivity index (χ1v) is 11.1. The maximum atomic E-state index is 12.4. The summed E-state index contributed by atoms with van der Waals surface area (Å²) in [6, 6.07) is 13.7. The lowest BCUT2D eigenvalue weighted by Crippen LogP contribution is -2.34. The predicted molar refractivity (Wildman–Crippen MR) is 126 cm³/mol. The van der Waals surface area contributed by atoms with Gasteiger partial charge in [0.15, 0.2) is 17.3 Å². The zero-order valence-corrected chi connectivity index (χ0v) is 19.5. The summed E-state index contributed by atoms with van der Waals surface area (Å²) in [5.41, 5.74) is 4.87. The smallest absolute Gasteiger partial charge is 0.220 e. The zero-order chi connectivity index (χ0) is 23.4. The van der Waals surface area contributed by atoms with E-state index in [9.17, 15) is 4.79 Å². The van der Waals surface area contributed by atoms with E-state index in [-0.39, 0.29) is 12.0 Å². The Morgan fingerprint density at radius 3 is 2.55 bits per heavy atom. The van der Waals surface area contributed by atoms with Gasteiger partial charge in [-0.25, -0.2) is 9.97 Å². The molecule has 0 unspecified atom stereocenters. The number of nitrogens with one attached hydrogen (secondary N) is 1. The number of fused-ring (bicyclic) bond motifs is 1. The lowest BCUT2D eigenvalue weighted by Gasteiger charge is -2.14. The van der Waals surface area contributed by atoms with Crippen molar-refractivity contribution in [3.63, 3.8) is 0 Å². The molecule has 1 aliphatic rings. The predicted octanol–water partition coefficient (Wildman–Crippen LogP) is 3.83. The van der Waals surface area contributed by atoms with Crippen molar-refractivity contribution in [1.29, 1.82) is 0 Å². The highest BCUT2D eigenvalue weighted by atomic mass is 16.5. The molecule has 7 heteroatoms. The van der Waals surface area contributed by atoms with Crippen LogP contribution in [0.5, 0.6) is 17.2 Å². The van der Waals surface area contributed by atoms with Gasteiger partial charge in [0.1, 0.15) is 11.9 Å². The second-order valence-corrected chi connectivity index (χ2v) is 8.21. The molecule has 0 saturated carbocycles. The second-order valence-electron chi connectivity index (χ2n) is 8.21. The van der Waals surface area contributed by atoms with Crippen LogP contribution in [-0.4, -0.2) is 42.7 Å². The third kappa shape index (κ3) is 5.25. The molecule has 0 radical (unpaired) electrons. The van der Waals surface area contributed by atoms with Gasteiger partial charge in [0.2, 0.25) is 5.91 Å². The highest BCUT2D eigenvalue weighted by Crippen LogP contribution is 2.37. The Kier molecular flexibility index (Phi) is 6.77. The van der Waals surface area contributed by atoms with Crippen molar-refractivity contribution >= 4 is 5.91 Å². The molecule has 4 rings (SSSR count). The first kappa shape index (κ1) is 22.6. The molecular weight excluding hydrogens is 418 g/mol. The number of hydrogen-bond donors (Lipinski definition) is 1. The molecule has 1 aromatic heterocycles. The number of rotatable bonds is 8. The Balaban J connectivity index is 1.34. The van der Waals surface area contributed by atoms with Gasteiger partial charge in [-0.15, -0.1) is 0 Å². The van der Waals surface area contributed by atoms with Crippen LogP contribution in [0, 0.1) is 13.8 Å². The lowest BCUT2D eigenvalue weighted by atomic mass is 10.1. The van der Waals surface area contributed by atoms with Crippen molar-refractivity contribution in [2.24, 2.45) is 0 Å². The normalized spacial score (nSPS) is 14.4. The minimum absolute atomic E-state index is 0.0118. The number of aromatic nitrogens is 2. The monoisotopic (exact) mass is 447 g/mol. The highest BCUT2D eigenvalue weighted by Gasteiger charge is 2.27. The SMILES string of the molecule is COc1ccc(CCC(=O)NC[C@H]2Cc3cccc(-c4nc(C)cc(C)n4)c3O2)cc1OC. The molecule has 0 aliphatic carbocycles. The van der Waals surface area contributed by atoms with E-state index in [1.54, 1.807) is 14.2 Å². The Morgan fingerprint density at radius 1 is 1.06 bits per heavy atom. The number of amides is 1. The quantitative estimate of drug-likeness (QED) is 0.565. The average molecular weight is 448 g/mol. The molecule has 3 aromatic rings. The lowest BCUT2D eigenvalue weighted by molar-refractivity contribution is -0.121. The Labute approximate surface area is 194 Å². The standard InChI is InChI=1S/C26H29N3O4/c1-16-12-17(2)29-26(28-16)21-7-5-6-19-14-20(33-25(19)21)15-27-24(30)11-9-18-8-10-22(31-3)23(13-18)32-4/h5-8,10,12-13,20H,9,11,14-15H2,1-4H3,(H,27,30)/t20-/m1/s1. The molecule has 7 nitrogen and oxygen atoms in total. The van der Waals surface area contributed by atoms with E-state index in [1.165, 1.54) is 0 Å². The van der Waals surface area contributed by atoms with Crippen LogP contribution >= 0.6 is 0 Å². The molecule has 0 saturated heterocycles. The van der Waals surface area contributed by atoms with E-state index in [0.717, 1.165) is 40.2 Å². The number of benzene rings is 2. The summed E-state index contributed by atoms with van der Waals surface area (Å²) in [6.45, 7) is 4.37. The fourth-order valence-corrected chi connectivity index (χ4v) is 4.08. The molecule has 1 N–H and O–H groups in total. The number of para-hydroxylation sites is 1. The molecule has 1 atom stereocenters. The van der Waals surface area contributed by atoms with Crippen LogP contribution in [0.25, 0.3) is 11.4 Å². The first-order valence-electron chi connectivity index (χ1n) is 11.1. The molecule has 0 bridgehead atoms. The van der Waals surface area contributed by atoms with Gasteiger partial charge in [-0.05, 0) is 55.7 Å². The van der Waals surface area contributed by atoms with Gasteiger partial charge in [0, 0.05) is 24.2 Å². The number of carbonyl (C=O) groups excluding carboxylic acids is 1. The summed E-state index contributed by atoms with van der Waals surface area (Å²) in [7, 11) is 3.21. The minimum Gasteiger partial charge on any atom is -0.493 e. The van der Waals surface area contributed by atoms with Gasteiger partial charge >= 0.3 is 0 Å². The largest absolute Gasteiger partial charge is 0.493 e. The van der Waals surface area contributed by atoms with E-state index in [4.69, 9.17) is 14.2 Å². The van der Waals surface area contributed by atoms with Gasteiger partial charge in [-0.1, -0.05) is 18.2 Å². The summed E-state index contributed by atoms with van der Waals surface area (Å²) in [4.78, 5) is 21.6. The van der Waals surface area contributed by atoms with Gasteiger partial charge < -0.3 is 19.5 Å². The van der Waals surface area contributed by atoms with Crippen molar-refractivity contribution < 1.29 is 19.0 Å². The topological polar surface area (TPSA) is 82.6 Å². The fraction of sp³-hybridized carbons (Fsp3) is 0.346. The van der Waals surface area contributed by atoms with Gasteiger partial charge in [0.25, 0.3) is 0 Å². The summed E-state index contributed by atoms with van der Waals surface area (Å²) in [5, 5.41) is 3.01. The third-order valence-electron chi connectivity index (χ3n) is 5.67. The number of hydrogen-bond acceptors (Lipinski definition) is 6. The maximum absolute atomic E-state index is 12.4. The van der Waals surface area contributed by atoms with E-state index >= 15 is 0 Å². The van der Waals surface area contributed by atoms with Crippen molar-refractivity contribution in [2.45, 2.75) is 39.2 Å². The van der Waals surface area contributed by atoms with Crippen molar-refractivity contribution in [1.82, 2.24) is 15.3 Å². The number of nitrogens with zero attached hydrogens (tertiary/aromatic N) is 2. The van der Waals surface area contributed by atoms with Crippen LogP contribution in [-0.2, 0) is 17.6 Å². The van der Waals surface area contributed by atoms with Crippen LogP contribution < -0.4 is 19.5 Å². The molecule has 2 aromatic carbocycles. The van der Waals surface area contributed by atoms with Gasteiger partial charge in [-0.3, -0.25) is 4.79 Å². The Hall–Kier alpha value is -3.61. The number of aryl methyl sites for hydroxylation is 3. The van der Waals surface area contributed by atoms with E-state index in [0.29, 0.717) is 36.7 Å². The summed E-state index contributed by atoms with van der Waals surface area (Å²) < 4.78 is 16.8. The number of ether oxygens (including phenoxy) is 3. The molecular formula is C26H29N3O4. The van der Waals surface area contributed by atoms with E-state index in [2.05, 4.69) is 21.4 Å². The molecule has 0 spiro atoms. The van der Waals surface area contributed by atoms with Crippen LogP contribution in [0.4, 0.5) is 0 Å². The Bertz CT molecular complexity index is 1140. The Morgan fingerprint density at radius 2 is 1.82 bits per heavy atom.